The number of aliphatic hydroxyl groups is 1. The minimum Gasteiger partial charge on any atom is -0.466 e. The number of aryl methyl sites for hydroxylation is 2. The van der Waals surface area contributed by atoms with Gasteiger partial charge in [0.15, 0.2) is 0 Å². The molecule has 0 bridgehead atoms. The number of rotatable bonds is 17. The molecule has 0 heterocycles. The lowest BCUT2D eigenvalue weighted by molar-refractivity contribution is -0.152. The van der Waals surface area contributed by atoms with E-state index in [4.69, 9.17) is 24.1 Å². The molecule has 12 nitrogen and oxygen atoms in total. The molecule has 0 fully saturated rings. The molecule has 666 valence electrons. The Labute approximate surface area is 734 Å². The molecule has 0 aliphatic heterocycles. The number of unbranched alkanes of at least 4 members (excludes halogenated alkanes) is 1. The Morgan fingerprint density at radius 2 is 0.733 bits per heavy atom. The minimum atomic E-state index is -0.859. The highest BCUT2D eigenvalue weighted by atomic mass is 28.3. The number of hydrogen-bond donors (Lipinski definition) is 1. The summed E-state index contributed by atoms with van der Waals surface area (Å²) < 4.78 is 24.1. The van der Waals surface area contributed by atoms with Crippen molar-refractivity contribution in [2.45, 2.75) is 292 Å². The van der Waals surface area contributed by atoms with Gasteiger partial charge in [0.25, 0.3) is 0 Å². The lowest BCUT2D eigenvalue weighted by Gasteiger charge is -2.32. The molecular weight excluding hydrogens is 1520 g/mol. The van der Waals surface area contributed by atoms with Crippen LogP contribution in [0.5, 0.6) is 0 Å². The number of aliphatic hydroxyl groups excluding tert-OH is 1. The van der Waals surface area contributed by atoms with Crippen LogP contribution in [-0.4, -0.2) is 83.8 Å². The molecule has 8 aromatic carbocycles. The smallest absolute Gasteiger partial charge is 0.303 e. The number of carbonyl (C=O) groups excluding carboxylic acids is 6. The lowest BCUT2D eigenvalue weighted by Crippen LogP contribution is -2.32. The number of hydrogen-bond acceptors (Lipinski definition) is 12. The summed E-state index contributed by atoms with van der Waals surface area (Å²) in [7, 11) is -0.929. The normalized spacial score (nSPS) is 10.6. The van der Waals surface area contributed by atoms with Gasteiger partial charge in [0.05, 0.1) is 13.2 Å². The fourth-order valence-electron chi connectivity index (χ4n) is 9.44. The molecule has 0 saturated heterocycles. The molecule has 0 amide bonds. The van der Waals surface area contributed by atoms with Crippen molar-refractivity contribution in [3.63, 3.8) is 0 Å². The average Bonchev–Trinajstić information content (AvgIpc) is 1.64. The van der Waals surface area contributed by atoms with Gasteiger partial charge in [-0.15, -0.1) is 6.58 Å². The number of fused-ring (bicyclic) bond motifs is 3. The van der Waals surface area contributed by atoms with Crippen LogP contribution >= 0.6 is 0 Å². The second-order valence-corrected chi connectivity index (χ2v) is 43.5. The molecule has 14 heteroatoms. The minimum absolute atomic E-state index is 0.0706. The summed E-state index contributed by atoms with van der Waals surface area (Å²) >= 11 is 0. The predicted octanol–water partition coefficient (Wildman–Crippen LogP) is 27.8. The fourth-order valence-corrected chi connectivity index (χ4v) is 10.8. The number of esters is 5. The lowest BCUT2D eigenvalue weighted by atomic mass is 9.71. The standard InChI is InChI=1S/C20H18.C16H14O2.C9H10O2.C9H12O.C8H18O2Si.C8H10.C7H18Si.C6H12O2.C5H8O2.C5H12.C5H10.C3H6O.C3H8.C2H6/c1-20(17-11-5-2-6-12-17,18-13-7-3-8-14-18)19-15-9-4-10-16-19;1-11(17)18-10-16-14-8-4-2-6-12(14)13-7-3-5-9-15(13)16;1-8(10)11-7-9-5-3-2-4-6-9;1-2-8-3-5-9(7-10)6-4-8;1-7(9)10-5-6-11-8(2,3)4;1-2-8-6-4-3-5-7-8;1-7(2,3)8(4,5)6;1-5(7)8-6(2,3)4;1-3-4-7-5(2)6;1-5(2,3)4;1-3-5-4-2;1-3(2)4;1-3-2;1-2/h2-16H,1H3;2-9,16H,10H2,1H3;2-6H,7H2,1H3;3-6,10H,2,7H2,1H3;5-6,11H2,1-4H3;3-7H,2H2,1H3;1-6H3;1-4H3;3H,1,4H2,2H3;1-4H3;3H,1,4-5H2,2H3;1-2H3;3H2,1-2H3;1-2H3. The van der Waals surface area contributed by atoms with Crippen molar-refractivity contribution < 1.29 is 57.6 Å². The van der Waals surface area contributed by atoms with E-state index in [0.717, 1.165) is 36.4 Å². The number of carbonyl (C=O) groups is 6. The van der Waals surface area contributed by atoms with Gasteiger partial charge in [-0.1, -0.05) is 393 Å². The van der Waals surface area contributed by atoms with E-state index >= 15 is 0 Å². The Balaban J connectivity index is -0.000000410. The maximum absolute atomic E-state index is 11.0. The van der Waals surface area contributed by atoms with Gasteiger partial charge in [0, 0.05) is 63.5 Å². The zero-order chi connectivity index (χ0) is 93.0. The van der Waals surface area contributed by atoms with Crippen LogP contribution in [0.15, 0.2) is 250 Å². The highest BCUT2D eigenvalue weighted by molar-refractivity contribution is 6.78. The van der Waals surface area contributed by atoms with E-state index in [1.807, 2.05) is 126 Å². The van der Waals surface area contributed by atoms with E-state index in [1.165, 1.54) is 117 Å². The van der Waals surface area contributed by atoms with E-state index in [1.54, 1.807) is 0 Å². The molecule has 0 radical (unpaired) electrons. The Hall–Kier alpha value is -9.35. The summed E-state index contributed by atoms with van der Waals surface area (Å²) in [4.78, 5) is 61.4. The van der Waals surface area contributed by atoms with Crippen LogP contribution in [0.2, 0.25) is 35.8 Å². The van der Waals surface area contributed by atoms with Gasteiger partial charge in [0.1, 0.15) is 31.2 Å². The van der Waals surface area contributed by atoms with Gasteiger partial charge in [-0.25, -0.2) is 0 Å². The summed E-state index contributed by atoms with van der Waals surface area (Å²) in [6.07, 6.45) is 9.29. The largest absolute Gasteiger partial charge is 0.466 e. The second-order valence-electron chi connectivity index (χ2n) is 34.2. The molecule has 1 N–H and O–H groups in total. The van der Waals surface area contributed by atoms with E-state index in [9.17, 15) is 28.8 Å². The van der Waals surface area contributed by atoms with Crippen LogP contribution in [0.1, 0.15) is 269 Å². The van der Waals surface area contributed by atoms with E-state index in [2.05, 4.69) is 288 Å². The molecule has 1 aliphatic carbocycles. The zero-order valence-corrected chi connectivity index (χ0v) is 82.8. The van der Waals surface area contributed by atoms with Gasteiger partial charge < -0.3 is 33.6 Å². The first kappa shape index (κ1) is 119. The highest BCUT2D eigenvalue weighted by Gasteiger charge is 2.32. The first-order chi connectivity index (χ1) is 56.1. The zero-order valence-electron chi connectivity index (χ0n) is 80.4. The quantitative estimate of drug-likeness (QED) is 0.0229. The first-order valence-electron chi connectivity index (χ1n) is 42.6. The Kier molecular flexibility index (Phi) is 68.9. The maximum atomic E-state index is 11.0. The Morgan fingerprint density at radius 3 is 0.975 bits per heavy atom. The van der Waals surface area contributed by atoms with Gasteiger partial charge >= 0.3 is 29.8 Å². The topological polar surface area (TPSA) is 169 Å². The third kappa shape index (κ3) is 67.4. The molecule has 1 aliphatic rings. The van der Waals surface area contributed by atoms with Crippen LogP contribution in [-0.2, 0) is 83.9 Å². The SMILES string of the molecule is C=CCCC.C=CCOC(C)=O.CC.CC(=O)OC(C)(C)C.CC(=O)OCC1c2ccccc2-c2ccccc21.CC(=O)OCC[SiH2]C(C)(C)C.CC(=O)OCc1ccccc1.CC(C)(C)C.CC(C)(C)[Si](C)(C)C.CC(C)=O.CC(c1ccccc1)(c1ccccc1)c1ccccc1.CCC.CCc1ccc(CO)cc1.CCc1ccccc1. The number of benzene rings is 8. The number of allylic oxidation sites excluding steroid dienone is 1. The Morgan fingerprint density at radius 1 is 0.425 bits per heavy atom. The maximum Gasteiger partial charge on any atom is 0.303 e. The number of Topliss-reactive ketones (excluding diaryl/α,β-unsaturated/α-hetero) is 1. The van der Waals surface area contributed by atoms with Crippen LogP contribution < -0.4 is 0 Å². The summed E-state index contributed by atoms with van der Waals surface area (Å²) in [5.74, 6) is -0.780. The van der Waals surface area contributed by atoms with Gasteiger partial charge in [-0.2, -0.15) is 0 Å². The summed E-state index contributed by atoms with van der Waals surface area (Å²) in [5.41, 5.74) is 13.7. The van der Waals surface area contributed by atoms with Gasteiger partial charge in [-0.3, -0.25) is 24.0 Å². The molecule has 120 heavy (non-hydrogen) atoms. The molecule has 0 saturated carbocycles. The molecule has 0 atom stereocenters. The third-order valence-electron chi connectivity index (χ3n) is 16.6. The van der Waals surface area contributed by atoms with Crippen molar-refractivity contribution in [1.82, 2.24) is 0 Å². The molecule has 0 aromatic heterocycles. The van der Waals surface area contributed by atoms with E-state index in [0.29, 0.717) is 41.9 Å². The van der Waals surface area contributed by atoms with Crippen LogP contribution in [0.3, 0.4) is 0 Å². The van der Waals surface area contributed by atoms with Crippen molar-refractivity contribution in [2.24, 2.45) is 5.41 Å². The number of ketones is 1. The van der Waals surface area contributed by atoms with E-state index < -0.39 is 8.07 Å². The Bertz CT molecular complexity index is 3710. The second kappa shape index (κ2) is 69.3. The van der Waals surface area contributed by atoms with Crippen LogP contribution in [0.4, 0.5) is 0 Å². The molecule has 8 aromatic rings. The van der Waals surface area contributed by atoms with Crippen molar-refractivity contribution >= 4 is 53.2 Å². The van der Waals surface area contributed by atoms with Crippen molar-refractivity contribution in [3.8, 4) is 11.1 Å². The van der Waals surface area contributed by atoms with Gasteiger partial charge in [-0.05, 0) is 144 Å². The van der Waals surface area contributed by atoms with Crippen LogP contribution in [0.25, 0.3) is 11.1 Å². The number of ether oxygens (including phenoxy) is 5. The van der Waals surface area contributed by atoms with Crippen molar-refractivity contribution in [2.75, 3.05) is 19.8 Å². The van der Waals surface area contributed by atoms with Crippen molar-refractivity contribution in [1.29, 1.82) is 0 Å². The summed E-state index contributed by atoms with van der Waals surface area (Å²) in [6, 6.07) is 77.9. The molecule has 0 spiro atoms. The summed E-state index contributed by atoms with van der Waals surface area (Å²) in [6.45, 7) is 71.1. The fraction of sp³-hybridized carbons (Fsp3) is 0.453. The van der Waals surface area contributed by atoms with E-state index in [-0.39, 0.29) is 68.7 Å². The predicted molar refractivity (Wildman–Crippen MR) is 520 cm³/mol. The monoisotopic (exact) mass is 1680 g/mol. The average molecular weight is 1680 g/mol. The van der Waals surface area contributed by atoms with Crippen molar-refractivity contribution in [3.05, 3.63) is 300 Å². The summed E-state index contributed by atoms with van der Waals surface area (Å²) in [5, 5.41) is 9.76. The molecular formula is C106H162O12Si2. The third-order valence-corrected chi connectivity index (χ3v) is 23.2. The van der Waals surface area contributed by atoms with Gasteiger partial charge in [0.2, 0.25) is 0 Å². The first-order valence-corrected chi connectivity index (χ1v) is 47.8. The molecule has 9 rings (SSSR count). The van der Waals surface area contributed by atoms with Crippen LogP contribution in [0, 0.1) is 5.41 Å². The highest BCUT2D eigenvalue weighted by Crippen LogP contribution is 2.45. The molecule has 0 unspecified atom stereocenters.